The molecule has 0 saturated heterocycles. The molecule has 1 aromatic carbocycles. The summed E-state index contributed by atoms with van der Waals surface area (Å²) >= 11 is 0. The third kappa shape index (κ3) is 4.34. The van der Waals surface area contributed by atoms with Gasteiger partial charge in [-0.15, -0.1) is 0 Å². The molecule has 0 radical (unpaired) electrons. The second-order valence-corrected chi connectivity index (χ2v) is 6.38. The zero-order chi connectivity index (χ0) is 14.5. The van der Waals surface area contributed by atoms with Crippen LogP contribution in [0.15, 0.2) is 24.3 Å². The van der Waals surface area contributed by atoms with Gasteiger partial charge in [0.05, 0.1) is 0 Å². The molecule has 1 aliphatic rings. The quantitative estimate of drug-likeness (QED) is 0.778. The molecule has 20 heavy (non-hydrogen) atoms. The summed E-state index contributed by atoms with van der Waals surface area (Å²) in [6.45, 7) is 6.53. The van der Waals surface area contributed by atoms with Crippen LogP contribution in [0, 0.1) is 5.92 Å². The Labute approximate surface area is 122 Å². The van der Waals surface area contributed by atoms with E-state index in [1.807, 2.05) is 12.1 Å². The van der Waals surface area contributed by atoms with Crippen LogP contribution in [0.3, 0.4) is 0 Å². The Balaban J connectivity index is 2.08. The maximum Gasteiger partial charge on any atom is 0.488 e. The highest BCUT2D eigenvalue weighted by atomic mass is 16.4. The van der Waals surface area contributed by atoms with Gasteiger partial charge in [-0.1, -0.05) is 51.0 Å². The Kier molecular flexibility index (Phi) is 5.64. The Bertz CT molecular complexity index is 417. The molecule has 1 aromatic rings. The molecule has 2 N–H and O–H groups in total. The minimum absolute atomic E-state index is 0.582. The molecular formula is C16H26BNO2. The first-order chi connectivity index (χ1) is 9.56. The first-order valence-corrected chi connectivity index (χ1v) is 7.75. The standard InChI is InChI=1S/C16H26BNO2/c1-13(2)11-18(16-8-3-4-9-16)12-14-6-5-7-15(10-14)17(19)20/h5-7,10,13,16,19-20H,3-4,8-9,11-12H2,1-2H3. The fourth-order valence-corrected chi connectivity index (χ4v) is 3.17. The number of rotatable bonds is 6. The van der Waals surface area contributed by atoms with E-state index in [2.05, 4.69) is 24.8 Å². The first-order valence-electron chi connectivity index (χ1n) is 7.75. The summed E-state index contributed by atoms with van der Waals surface area (Å²) in [4.78, 5) is 2.57. The van der Waals surface area contributed by atoms with Crippen LogP contribution < -0.4 is 5.46 Å². The molecule has 0 unspecified atom stereocenters. The van der Waals surface area contributed by atoms with Crippen LogP contribution in [-0.4, -0.2) is 34.7 Å². The van der Waals surface area contributed by atoms with Crippen LogP contribution in [0.2, 0.25) is 0 Å². The fourth-order valence-electron chi connectivity index (χ4n) is 3.17. The summed E-state index contributed by atoms with van der Waals surface area (Å²) in [5.74, 6) is 0.655. The minimum Gasteiger partial charge on any atom is -0.423 e. The third-order valence-corrected chi connectivity index (χ3v) is 4.08. The predicted molar refractivity (Wildman–Crippen MR) is 83.8 cm³/mol. The van der Waals surface area contributed by atoms with Gasteiger partial charge in [0.25, 0.3) is 0 Å². The number of hydrogen-bond donors (Lipinski definition) is 2. The molecule has 0 aliphatic heterocycles. The van der Waals surface area contributed by atoms with Crippen molar-refractivity contribution in [2.24, 2.45) is 5.92 Å². The third-order valence-electron chi connectivity index (χ3n) is 4.08. The monoisotopic (exact) mass is 275 g/mol. The highest BCUT2D eigenvalue weighted by Crippen LogP contribution is 2.25. The molecule has 0 atom stereocenters. The van der Waals surface area contributed by atoms with Gasteiger partial charge in [0.2, 0.25) is 0 Å². The van der Waals surface area contributed by atoms with Crippen LogP contribution in [0.5, 0.6) is 0 Å². The van der Waals surface area contributed by atoms with Crippen molar-refractivity contribution < 1.29 is 10.0 Å². The molecule has 4 heteroatoms. The van der Waals surface area contributed by atoms with Crippen molar-refractivity contribution >= 4 is 12.6 Å². The van der Waals surface area contributed by atoms with Crippen molar-refractivity contribution in [1.82, 2.24) is 4.90 Å². The van der Waals surface area contributed by atoms with Gasteiger partial charge in [-0.3, -0.25) is 4.90 Å². The smallest absolute Gasteiger partial charge is 0.423 e. The maximum atomic E-state index is 9.28. The van der Waals surface area contributed by atoms with Crippen molar-refractivity contribution in [3.8, 4) is 0 Å². The number of hydrogen-bond acceptors (Lipinski definition) is 3. The van der Waals surface area contributed by atoms with Gasteiger partial charge in [0, 0.05) is 19.1 Å². The lowest BCUT2D eigenvalue weighted by atomic mass is 9.79. The van der Waals surface area contributed by atoms with Crippen molar-refractivity contribution in [2.75, 3.05) is 6.54 Å². The molecule has 1 saturated carbocycles. The van der Waals surface area contributed by atoms with E-state index in [4.69, 9.17) is 0 Å². The fraction of sp³-hybridized carbons (Fsp3) is 0.625. The summed E-state index contributed by atoms with van der Waals surface area (Å²) in [5.41, 5.74) is 1.75. The molecule has 0 bridgehead atoms. The molecule has 0 heterocycles. The van der Waals surface area contributed by atoms with E-state index in [1.165, 1.54) is 31.2 Å². The molecule has 0 aromatic heterocycles. The molecule has 2 rings (SSSR count). The Morgan fingerprint density at radius 2 is 1.95 bits per heavy atom. The van der Waals surface area contributed by atoms with Crippen LogP contribution in [0.1, 0.15) is 45.1 Å². The van der Waals surface area contributed by atoms with E-state index in [-0.39, 0.29) is 0 Å². The Morgan fingerprint density at radius 3 is 2.55 bits per heavy atom. The Hall–Kier alpha value is -0.835. The van der Waals surface area contributed by atoms with Crippen LogP contribution >= 0.6 is 0 Å². The van der Waals surface area contributed by atoms with Gasteiger partial charge in [-0.25, -0.2) is 0 Å². The summed E-state index contributed by atoms with van der Waals surface area (Å²) in [6.07, 6.45) is 5.29. The summed E-state index contributed by atoms with van der Waals surface area (Å²) in [5, 5.41) is 18.6. The summed E-state index contributed by atoms with van der Waals surface area (Å²) < 4.78 is 0. The average molecular weight is 275 g/mol. The highest BCUT2D eigenvalue weighted by Gasteiger charge is 2.23. The lowest BCUT2D eigenvalue weighted by molar-refractivity contribution is 0.168. The maximum absolute atomic E-state index is 9.28. The SMILES string of the molecule is CC(C)CN(Cc1cccc(B(O)O)c1)C1CCCC1. The van der Waals surface area contributed by atoms with E-state index >= 15 is 0 Å². The predicted octanol–water partition coefficient (Wildman–Crippen LogP) is 1.77. The summed E-state index contributed by atoms with van der Waals surface area (Å²) in [6, 6.07) is 8.35. The molecule has 1 fully saturated rings. The molecule has 110 valence electrons. The molecule has 3 nitrogen and oxygen atoms in total. The largest absolute Gasteiger partial charge is 0.488 e. The van der Waals surface area contributed by atoms with Crippen molar-refractivity contribution in [2.45, 2.75) is 52.1 Å². The van der Waals surface area contributed by atoms with Gasteiger partial charge in [0.15, 0.2) is 0 Å². The average Bonchev–Trinajstić information content (AvgIpc) is 2.91. The van der Waals surface area contributed by atoms with Crippen molar-refractivity contribution in [3.63, 3.8) is 0 Å². The van der Waals surface area contributed by atoms with Gasteiger partial charge >= 0.3 is 7.12 Å². The molecule has 0 spiro atoms. The second-order valence-electron chi connectivity index (χ2n) is 6.38. The zero-order valence-electron chi connectivity index (χ0n) is 12.6. The second kappa shape index (κ2) is 7.25. The summed E-state index contributed by atoms with van der Waals surface area (Å²) in [7, 11) is -1.38. The van der Waals surface area contributed by atoms with Crippen LogP contribution in [0.25, 0.3) is 0 Å². The van der Waals surface area contributed by atoms with Gasteiger partial charge in [-0.2, -0.15) is 0 Å². The van der Waals surface area contributed by atoms with E-state index in [0.29, 0.717) is 17.4 Å². The van der Waals surface area contributed by atoms with E-state index in [9.17, 15) is 10.0 Å². The normalized spacial score (nSPS) is 16.3. The number of nitrogens with zero attached hydrogens (tertiary/aromatic N) is 1. The van der Waals surface area contributed by atoms with Gasteiger partial charge < -0.3 is 10.0 Å². The topological polar surface area (TPSA) is 43.7 Å². The van der Waals surface area contributed by atoms with E-state index in [0.717, 1.165) is 13.1 Å². The molecule has 0 amide bonds. The minimum atomic E-state index is -1.38. The molecule has 1 aliphatic carbocycles. The zero-order valence-corrected chi connectivity index (χ0v) is 12.6. The lowest BCUT2D eigenvalue weighted by Gasteiger charge is -2.30. The number of benzene rings is 1. The highest BCUT2D eigenvalue weighted by molar-refractivity contribution is 6.58. The lowest BCUT2D eigenvalue weighted by Crippen LogP contribution is -2.36. The van der Waals surface area contributed by atoms with E-state index < -0.39 is 7.12 Å². The van der Waals surface area contributed by atoms with Crippen LogP contribution in [-0.2, 0) is 6.54 Å². The van der Waals surface area contributed by atoms with Gasteiger partial charge in [0.1, 0.15) is 0 Å². The van der Waals surface area contributed by atoms with E-state index in [1.54, 1.807) is 6.07 Å². The van der Waals surface area contributed by atoms with Crippen molar-refractivity contribution in [1.29, 1.82) is 0 Å². The molecular weight excluding hydrogens is 249 g/mol. The van der Waals surface area contributed by atoms with Crippen molar-refractivity contribution in [3.05, 3.63) is 29.8 Å². The first kappa shape index (κ1) is 15.6. The van der Waals surface area contributed by atoms with Crippen LogP contribution in [0.4, 0.5) is 0 Å². The van der Waals surface area contributed by atoms with Gasteiger partial charge in [-0.05, 0) is 29.8 Å². The Morgan fingerprint density at radius 1 is 1.25 bits per heavy atom.